The summed E-state index contributed by atoms with van der Waals surface area (Å²) in [6.07, 6.45) is 1.21. The van der Waals surface area contributed by atoms with Gasteiger partial charge in [-0.15, -0.1) is 0 Å². The molecule has 0 spiro atoms. The molecule has 96 valence electrons. The molecule has 5 nitrogen and oxygen atoms in total. The summed E-state index contributed by atoms with van der Waals surface area (Å²) in [4.78, 5) is 22.3. The van der Waals surface area contributed by atoms with Crippen molar-refractivity contribution in [3.05, 3.63) is 12.7 Å². The van der Waals surface area contributed by atoms with Gasteiger partial charge in [-0.25, -0.2) is 0 Å². The van der Waals surface area contributed by atoms with Crippen molar-refractivity contribution in [3.63, 3.8) is 0 Å². The van der Waals surface area contributed by atoms with Gasteiger partial charge in [0.2, 0.25) is 10.4 Å². The molecule has 1 heterocycles. The Bertz CT molecular complexity index is 279. The zero-order chi connectivity index (χ0) is 12.5. The largest absolute Gasteiger partial charge is 0.354 e. The molecule has 0 saturated carbocycles. The SMILES string of the molecule is C=CC(=O)NCCSC(=O)SC1COCOC1. The molecular weight excluding hydrogens is 262 g/mol. The van der Waals surface area contributed by atoms with Gasteiger partial charge in [0.25, 0.3) is 0 Å². The summed E-state index contributed by atoms with van der Waals surface area (Å²) in [5.41, 5.74) is 0. The molecule has 0 unspecified atom stereocenters. The van der Waals surface area contributed by atoms with Crippen molar-refractivity contribution >= 4 is 33.9 Å². The lowest BCUT2D eigenvalue weighted by atomic mass is 10.5. The monoisotopic (exact) mass is 277 g/mol. The van der Waals surface area contributed by atoms with Gasteiger partial charge in [-0.3, -0.25) is 9.59 Å². The average Bonchev–Trinajstić information content (AvgIpc) is 2.35. The average molecular weight is 277 g/mol. The van der Waals surface area contributed by atoms with Crippen LogP contribution in [0.4, 0.5) is 4.79 Å². The topological polar surface area (TPSA) is 64.6 Å². The van der Waals surface area contributed by atoms with Crippen LogP contribution in [0.1, 0.15) is 0 Å². The molecule has 0 radical (unpaired) electrons. The van der Waals surface area contributed by atoms with E-state index in [1.54, 1.807) is 0 Å². The van der Waals surface area contributed by atoms with Gasteiger partial charge in [0.05, 0.1) is 18.5 Å². The number of hydrogen-bond acceptors (Lipinski definition) is 6. The smallest absolute Gasteiger partial charge is 0.246 e. The van der Waals surface area contributed by atoms with E-state index in [1.807, 2.05) is 0 Å². The predicted molar refractivity (Wildman–Crippen MR) is 69.2 cm³/mol. The summed E-state index contributed by atoms with van der Waals surface area (Å²) in [6.45, 7) is 5.20. The Morgan fingerprint density at radius 3 is 2.76 bits per heavy atom. The minimum atomic E-state index is -0.222. The van der Waals surface area contributed by atoms with Crippen LogP contribution in [0.25, 0.3) is 0 Å². The maximum absolute atomic E-state index is 11.5. The van der Waals surface area contributed by atoms with Crippen LogP contribution in [0.3, 0.4) is 0 Å². The Morgan fingerprint density at radius 1 is 1.41 bits per heavy atom. The molecule has 1 aliphatic rings. The number of carbonyl (C=O) groups is 2. The van der Waals surface area contributed by atoms with E-state index in [2.05, 4.69) is 11.9 Å². The van der Waals surface area contributed by atoms with Gasteiger partial charge in [0, 0.05) is 12.3 Å². The van der Waals surface area contributed by atoms with Crippen LogP contribution in [0, 0.1) is 0 Å². The van der Waals surface area contributed by atoms with Crippen molar-refractivity contribution in [2.24, 2.45) is 0 Å². The number of thioether (sulfide) groups is 2. The van der Waals surface area contributed by atoms with Crippen molar-refractivity contribution in [1.29, 1.82) is 0 Å². The van der Waals surface area contributed by atoms with Crippen LogP contribution in [-0.4, -0.2) is 47.9 Å². The van der Waals surface area contributed by atoms with E-state index in [1.165, 1.54) is 29.6 Å². The van der Waals surface area contributed by atoms with E-state index in [4.69, 9.17) is 9.47 Å². The first kappa shape index (κ1) is 14.6. The van der Waals surface area contributed by atoms with E-state index in [0.717, 1.165) is 0 Å². The molecule has 1 N–H and O–H groups in total. The van der Waals surface area contributed by atoms with Gasteiger partial charge in [-0.2, -0.15) is 0 Å². The van der Waals surface area contributed by atoms with E-state index in [-0.39, 0.29) is 15.6 Å². The Kier molecular flexibility index (Phi) is 7.34. The zero-order valence-corrected chi connectivity index (χ0v) is 11.0. The first-order valence-electron chi connectivity index (χ1n) is 5.11. The third-order valence-corrected chi connectivity index (χ3v) is 3.93. The number of carbonyl (C=O) groups excluding carboxylic acids is 2. The molecule has 7 heteroatoms. The van der Waals surface area contributed by atoms with E-state index in [9.17, 15) is 9.59 Å². The molecule has 1 amide bonds. The standard InChI is InChI=1S/C10H15NO4S2/c1-2-9(12)11-3-4-16-10(13)17-8-5-14-7-15-6-8/h2,8H,1,3-7H2,(H,11,12). The highest BCUT2D eigenvalue weighted by molar-refractivity contribution is 8.38. The lowest BCUT2D eigenvalue weighted by Gasteiger charge is -2.20. The normalized spacial score (nSPS) is 16.5. The highest BCUT2D eigenvalue weighted by Gasteiger charge is 2.18. The summed E-state index contributed by atoms with van der Waals surface area (Å²) in [7, 11) is 0. The van der Waals surface area contributed by atoms with E-state index < -0.39 is 0 Å². The van der Waals surface area contributed by atoms with Gasteiger partial charge in [-0.1, -0.05) is 30.1 Å². The summed E-state index contributed by atoms with van der Waals surface area (Å²) in [5.74, 6) is 0.333. The third kappa shape index (κ3) is 6.72. The third-order valence-electron chi connectivity index (χ3n) is 1.84. The Balaban J connectivity index is 2.04. The minimum absolute atomic E-state index is 0.0250. The van der Waals surface area contributed by atoms with Crippen molar-refractivity contribution in [3.8, 4) is 0 Å². The van der Waals surface area contributed by atoms with E-state index in [0.29, 0.717) is 32.3 Å². The molecule has 1 saturated heterocycles. The number of nitrogens with one attached hydrogen (secondary N) is 1. The Labute approximate surface area is 109 Å². The van der Waals surface area contributed by atoms with Crippen LogP contribution in [-0.2, 0) is 14.3 Å². The summed E-state index contributed by atoms with van der Waals surface area (Å²) in [6, 6.07) is 0. The fourth-order valence-electron chi connectivity index (χ4n) is 1.09. The fourth-order valence-corrected chi connectivity index (χ4v) is 2.99. The molecule has 0 aliphatic carbocycles. The van der Waals surface area contributed by atoms with E-state index >= 15 is 0 Å². The maximum Gasteiger partial charge on any atom is 0.246 e. The molecule has 0 bridgehead atoms. The van der Waals surface area contributed by atoms with Gasteiger partial charge in [-0.05, 0) is 6.08 Å². The summed E-state index contributed by atoms with van der Waals surface area (Å²) < 4.78 is 10.2. The Hall–Kier alpha value is -0.500. The van der Waals surface area contributed by atoms with Crippen molar-refractivity contribution in [1.82, 2.24) is 5.32 Å². The molecule has 0 aromatic heterocycles. The second kappa shape index (κ2) is 8.57. The second-order valence-electron chi connectivity index (χ2n) is 3.19. The van der Waals surface area contributed by atoms with Crippen molar-refractivity contribution in [2.45, 2.75) is 5.25 Å². The second-order valence-corrected chi connectivity index (χ2v) is 5.79. The molecule has 0 aromatic rings. The molecular formula is C10H15NO4S2. The van der Waals surface area contributed by atoms with Crippen LogP contribution in [0.5, 0.6) is 0 Å². The molecule has 0 aromatic carbocycles. The summed E-state index contributed by atoms with van der Waals surface area (Å²) in [5, 5.41) is 2.68. The predicted octanol–water partition coefficient (Wildman–Crippen LogP) is 1.25. The number of hydrogen-bond donors (Lipinski definition) is 1. The first-order valence-corrected chi connectivity index (χ1v) is 6.98. The number of ether oxygens (including phenoxy) is 2. The quantitative estimate of drug-likeness (QED) is 0.602. The first-order chi connectivity index (χ1) is 8.22. The maximum atomic E-state index is 11.5. The number of rotatable bonds is 5. The molecule has 1 aliphatic heterocycles. The minimum Gasteiger partial charge on any atom is -0.354 e. The number of amides is 1. The zero-order valence-electron chi connectivity index (χ0n) is 9.35. The van der Waals surface area contributed by atoms with Gasteiger partial charge < -0.3 is 14.8 Å². The lowest BCUT2D eigenvalue weighted by Crippen LogP contribution is -2.27. The molecule has 17 heavy (non-hydrogen) atoms. The lowest BCUT2D eigenvalue weighted by molar-refractivity contribution is -0.116. The van der Waals surface area contributed by atoms with Crippen LogP contribution < -0.4 is 5.32 Å². The van der Waals surface area contributed by atoms with Gasteiger partial charge >= 0.3 is 0 Å². The Morgan fingerprint density at radius 2 is 2.12 bits per heavy atom. The van der Waals surface area contributed by atoms with Gasteiger partial charge in [0.15, 0.2) is 0 Å². The van der Waals surface area contributed by atoms with Crippen LogP contribution >= 0.6 is 23.5 Å². The highest BCUT2D eigenvalue weighted by atomic mass is 32.2. The highest BCUT2D eigenvalue weighted by Crippen LogP contribution is 2.23. The summed E-state index contributed by atoms with van der Waals surface area (Å²) >= 11 is 2.41. The van der Waals surface area contributed by atoms with Crippen LogP contribution in [0.15, 0.2) is 12.7 Å². The van der Waals surface area contributed by atoms with Crippen molar-refractivity contribution < 1.29 is 19.1 Å². The van der Waals surface area contributed by atoms with Crippen molar-refractivity contribution in [2.75, 3.05) is 32.3 Å². The van der Waals surface area contributed by atoms with Crippen LogP contribution in [0.2, 0.25) is 0 Å². The fraction of sp³-hybridized carbons (Fsp3) is 0.600. The molecule has 1 fully saturated rings. The molecule has 1 rings (SSSR count). The molecule has 0 atom stereocenters. The van der Waals surface area contributed by atoms with Gasteiger partial charge in [0.1, 0.15) is 6.79 Å².